The molecule has 0 fully saturated rings. The minimum atomic E-state index is 0.368. The highest BCUT2D eigenvalue weighted by Gasteiger charge is 2.07. The predicted octanol–water partition coefficient (Wildman–Crippen LogP) is 3.73. The van der Waals surface area contributed by atoms with Crippen LogP contribution < -0.4 is 10.5 Å². The van der Waals surface area contributed by atoms with E-state index >= 15 is 0 Å². The summed E-state index contributed by atoms with van der Waals surface area (Å²) in [6.07, 6.45) is 1.52. The van der Waals surface area contributed by atoms with Crippen LogP contribution in [0, 0.1) is 13.8 Å². The largest absolute Gasteiger partial charge is 0.437 e. The van der Waals surface area contributed by atoms with Crippen LogP contribution in [0.4, 0.5) is 5.69 Å². The minimum Gasteiger partial charge on any atom is -0.437 e. The maximum Gasteiger partial charge on any atom is 0.238 e. The third-order valence-corrected chi connectivity index (χ3v) is 2.64. The van der Waals surface area contributed by atoms with Crippen LogP contribution in [0.5, 0.6) is 11.6 Å². The second-order valence-electron chi connectivity index (χ2n) is 3.93. The van der Waals surface area contributed by atoms with E-state index < -0.39 is 0 Å². The van der Waals surface area contributed by atoms with E-state index in [2.05, 4.69) is 4.98 Å². The van der Waals surface area contributed by atoms with Gasteiger partial charge in [-0.3, -0.25) is 0 Å². The number of hydrogen-bond acceptors (Lipinski definition) is 3. The standard InChI is InChI=1S/C13H13ClN2O/c1-8-3-4-12(9(2)5-8)17-13-11(14)6-10(15)7-16-13/h3-7H,15H2,1-2H3. The highest BCUT2D eigenvalue weighted by molar-refractivity contribution is 6.32. The first-order valence-corrected chi connectivity index (χ1v) is 5.60. The number of ether oxygens (including phenoxy) is 1. The molecule has 3 nitrogen and oxygen atoms in total. The van der Waals surface area contributed by atoms with Crippen LogP contribution in [0.15, 0.2) is 30.5 Å². The van der Waals surface area contributed by atoms with Crippen LogP contribution in [0.3, 0.4) is 0 Å². The minimum absolute atomic E-state index is 0.368. The van der Waals surface area contributed by atoms with Crippen LogP contribution in [0.1, 0.15) is 11.1 Å². The van der Waals surface area contributed by atoms with Gasteiger partial charge in [-0.15, -0.1) is 0 Å². The number of nitrogens with zero attached hydrogens (tertiary/aromatic N) is 1. The molecule has 0 radical (unpaired) electrons. The fourth-order valence-electron chi connectivity index (χ4n) is 1.53. The number of pyridine rings is 1. The number of aryl methyl sites for hydroxylation is 2. The van der Waals surface area contributed by atoms with Gasteiger partial charge in [-0.1, -0.05) is 29.3 Å². The van der Waals surface area contributed by atoms with Gasteiger partial charge in [0.25, 0.3) is 0 Å². The van der Waals surface area contributed by atoms with Gasteiger partial charge in [-0.25, -0.2) is 4.98 Å². The molecule has 0 atom stereocenters. The molecule has 0 aliphatic carbocycles. The Hall–Kier alpha value is -1.74. The van der Waals surface area contributed by atoms with Crippen molar-refractivity contribution in [1.29, 1.82) is 0 Å². The Bertz CT molecular complexity index is 506. The van der Waals surface area contributed by atoms with Crippen molar-refractivity contribution >= 4 is 17.3 Å². The molecule has 2 aromatic rings. The summed E-state index contributed by atoms with van der Waals surface area (Å²) in [6.45, 7) is 4.01. The summed E-state index contributed by atoms with van der Waals surface area (Å²) in [7, 11) is 0. The lowest BCUT2D eigenvalue weighted by Crippen LogP contribution is -1.93. The molecule has 0 unspecified atom stereocenters. The molecule has 0 saturated carbocycles. The van der Waals surface area contributed by atoms with Crippen LogP contribution in [-0.2, 0) is 0 Å². The van der Waals surface area contributed by atoms with Crippen LogP contribution >= 0.6 is 11.6 Å². The molecule has 0 spiro atoms. The third kappa shape index (κ3) is 2.68. The van der Waals surface area contributed by atoms with E-state index in [1.54, 1.807) is 6.07 Å². The molecule has 17 heavy (non-hydrogen) atoms. The lowest BCUT2D eigenvalue weighted by Gasteiger charge is -2.09. The summed E-state index contributed by atoms with van der Waals surface area (Å²) < 4.78 is 5.65. The van der Waals surface area contributed by atoms with Crippen molar-refractivity contribution in [2.24, 2.45) is 0 Å². The number of aromatic nitrogens is 1. The van der Waals surface area contributed by atoms with Gasteiger partial charge in [0.2, 0.25) is 5.88 Å². The molecule has 2 N–H and O–H groups in total. The molecule has 0 saturated heterocycles. The molecule has 1 aromatic carbocycles. The molecule has 0 aliphatic heterocycles. The van der Waals surface area contributed by atoms with E-state index in [0.29, 0.717) is 16.6 Å². The van der Waals surface area contributed by atoms with Crippen LogP contribution in [-0.4, -0.2) is 4.98 Å². The average Bonchev–Trinajstić information content (AvgIpc) is 2.25. The van der Waals surface area contributed by atoms with E-state index in [1.165, 1.54) is 11.8 Å². The summed E-state index contributed by atoms with van der Waals surface area (Å²) >= 11 is 6.00. The summed E-state index contributed by atoms with van der Waals surface area (Å²) in [5.74, 6) is 1.11. The van der Waals surface area contributed by atoms with Crippen molar-refractivity contribution in [2.75, 3.05) is 5.73 Å². The van der Waals surface area contributed by atoms with Crippen molar-refractivity contribution in [3.05, 3.63) is 46.6 Å². The van der Waals surface area contributed by atoms with Crippen molar-refractivity contribution in [3.8, 4) is 11.6 Å². The van der Waals surface area contributed by atoms with Gasteiger partial charge in [0, 0.05) is 0 Å². The number of halogens is 1. The van der Waals surface area contributed by atoms with Crippen molar-refractivity contribution in [3.63, 3.8) is 0 Å². The Kier molecular flexibility index (Phi) is 3.20. The molecular weight excluding hydrogens is 236 g/mol. The number of nitrogens with two attached hydrogens (primary N) is 1. The van der Waals surface area contributed by atoms with Gasteiger partial charge in [-0.2, -0.15) is 0 Å². The maximum atomic E-state index is 6.00. The normalized spacial score (nSPS) is 10.3. The predicted molar refractivity (Wildman–Crippen MR) is 69.6 cm³/mol. The second kappa shape index (κ2) is 4.63. The highest BCUT2D eigenvalue weighted by Crippen LogP contribution is 2.30. The lowest BCUT2D eigenvalue weighted by atomic mass is 10.1. The first-order valence-electron chi connectivity index (χ1n) is 5.22. The number of benzene rings is 1. The smallest absolute Gasteiger partial charge is 0.238 e. The van der Waals surface area contributed by atoms with Crippen molar-refractivity contribution < 1.29 is 4.74 Å². The number of anilines is 1. The summed E-state index contributed by atoms with van der Waals surface area (Å²) in [6, 6.07) is 7.54. The lowest BCUT2D eigenvalue weighted by molar-refractivity contribution is 0.460. The molecule has 0 bridgehead atoms. The van der Waals surface area contributed by atoms with Gasteiger partial charge in [0.1, 0.15) is 10.8 Å². The fraction of sp³-hybridized carbons (Fsp3) is 0.154. The van der Waals surface area contributed by atoms with Gasteiger partial charge >= 0.3 is 0 Å². The zero-order chi connectivity index (χ0) is 12.4. The molecule has 2 rings (SSSR count). The maximum absolute atomic E-state index is 6.00. The molecular formula is C13H13ClN2O. The number of rotatable bonds is 2. The first-order chi connectivity index (χ1) is 8.06. The molecule has 1 aromatic heterocycles. The zero-order valence-corrected chi connectivity index (χ0v) is 10.5. The highest BCUT2D eigenvalue weighted by atomic mass is 35.5. The Morgan fingerprint density at radius 3 is 2.65 bits per heavy atom. The third-order valence-electron chi connectivity index (χ3n) is 2.37. The topological polar surface area (TPSA) is 48.1 Å². The van der Waals surface area contributed by atoms with E-state index in [-0.39, 0.29) is 0 Å². The monoisotopic (exact) mass is 248 g/mol. The van der Waals surface area contributed by atoms with Gasteiger partial charge in [0.15, 0.2) is 0 Å². The quantitative estimate of drug-likeness (QED) is 0.881. The van der Waals surface area contributed by atoms with E-state index in [1.807, 2.05) is 32.0 Å². The SMILES string of the molecule is Cc1ccc(Oc2ncc(N)cc2Cl)c(C)c1. The molecule has 4 heteroatoms. The average molecular weight is 249 g/mol. The van der Waals surface area contributed by atoms with Crippen molar-refractivity contribution in [2.45, 2.75) is 13.8 Å². The Morgan fingerprint density at radius 2 is 2.00 bits per heavy atom. The first kappa shape index (κ1) is 11.7. The second-order valence-corrected chi connectivity index (χ2v) is 4.33. The van der Waals surface area contributed by atoms with E-state index in [0.717, 1.165) is 11.3 Å². The van der Waals surface area contributed by atoms with Gasteiger partial charge < -0.3 is 10.5 Å². The Labute approximate surface area is 105 Å². The summed E-state index contributed by atoms with van der Waals surface area (Å²) in [5, 5.41) is 0.407. The zero-order valence-electron chi connectivity index (χ0n) is 9.70. The number of nitrogen functional groups attached to an aromatic ring is 1. The van der Waals surface area contributed by atoms with E-state index in [9.17, 15) is 0 Å². The Morgan fingerprint density at radius 1 is 1.24 bits per heavy atom. The fourth-order valence-corrected chi connectivity index (χ4v) is 1.75. The molecule has 1 heterocycles. The van der Waals surface area contributed by atoms with Crippen LogP contribution in [0.2, 0.25) is 5.02 Å². The van der Waals surface area contributed by atoms with Crippen LogP contribution in [0.25, 0.3) is 0 Å². The summed E-state index contributed by atoms with van der Waals surface area (Å²) in [4.78, 5) is 4.06. The Balaban J connectivity index is 2.31. The summed E-state index contributed by atoms with van der Waals surface area (Å²) in [5.41, 5.74) is 8.31. The van der Waals surface area contributed by atoms with E-state index in [4.69, 9.17) is 22.1 Å². The van der Waals surface area contributed by atoms with Crippen molar-refractivity contribution in [1.82, 2.24) is 4.98 Å². The van der Waals surface area contributed by atoms with Gasteiger partial charge in [0.05, 0.1) is 11.9 Å². The molecule has 0 aliphatic rings. The number of hydrogen-bond donors (Lipinski definition) is 1. The molecule has 88 valence electrons. The molecule has 0 amide bonds. The van der Waals surface area contributed by atoms with Gasteiger partial charge in [-0.05, 0) is 31.5 Å².